The quantitative estimate of drug-likeness (QED) is 0.412. The molecule has 3 aliphatic carbocycles. The number of hydrogen-bond acceptors (Lipinski definition) is 9. The zero-order valence-corrected chi connectivity index (χ0v) is 25.4. The number of benzene rings is 2. The molecule has 0 spiro atoms. The number of carbonyl (C=O) groups excluding carboxylic acids is 4. The monoisotopic (exact) mass is 620 g/mol. The molecule has 1 saturated heterocycles. The third-order valence-electron chi connectivity index (χ3n) is 11.1. The number of amides is 1. The summed E-state index contributed by atoms with van der Waals surface area (Å²) >= 11 is 6.46. The molecule has 2 heterocycles. The van der Waals surface area contributed by atoms with Crippen LogP contribution in [0.25, 0.3) is 0 Å². The van der Waals surface area contributed by atoms with E-state index >= 15 is 0 Å². The molecule has 4 atom stereocenters. The van der Waals surface area contributed by atoms with Gasteiger partial charge in [0.05, 0.1) is 17.2 Å². The van der Waals surface area contributed by atoms with Crippen molar-refractivity contribution in [1.82, 2.24) is 9.80 Å². The van der Waals surface area contributed by atoms with Crippen LogP contribution in [-0.4, -0.2) is 82.0 Å². The van der Waals surface area contributed by atoms with Gasteiger partial charge in [0.2, 0.25) is 12.1 Å². The zero-order valence-electron chi connectivity index (χ0n) is 24.7. The van der Waals surface area contributed by atoms with E-state index in [1.54, 1.807) is 4.90 Å². The fourth-order valence-electron chi connectivity index (χ4n) is 8.02. The number of halogens is 1. The second-order valence-electron chi connectivity index (χ2n) is 13.2. The number of phenolic OH excluding ortho intramolecular Hbond substituents is 2. The van der Waals surface area contributed by atoms with Gasteiger partial charge in [-0.2, -0.15) is 0 Å². The number of ether oxygens (including phenoxy) is 2. The molecule has 230 valence electrons. The normalized spacial score (nSPS) is 28.8. The number of nitrogens with zero attached hydrogens (tertiary/aromatic N) is 2. The number of fused-ring (bicyclic) bond motifs is 4. The highest BCUT2D eigenvalue weighted by Gasteiger charge is 2.63. The zero-order chi connectivity index (χ0) is 31.3. The Morgan fingerprint density at radius 2 is 1.68 bits per heavy atom. The summed E-state index contributed by atoms with van der Waals surface area (Å²) in [4.78, 5) is 55.9. The van der Waals surface area contributed by atoms with Gasteiger partial charge in [0, 0.05) is 42.9 Å². The van der Waals surface area contributed by atoms with Crippen molar-refractivity contribution in [3.8, 4) is 11.5 Å². The fourth-order valence-corrected chi connectivity index (χ4v) is 8.27. The average Bonchev–Trinajstić information content (AvgIpc) is 3.47. The minimum Gasteiger partial charge on any atom is -0.507 e. The van der Waals surface area contributed by atoms with Gasteiger partial charge in [-0.15, -0.1) is 0 Å². The molecule has 0 radical (unpaired) electrons. The highest BCUT2D eigenvalue weighted by atomic mass is 35.5. The Kier molecular flexibility index (Phi) is 6.43. The summed E-state index contributed by atoms with van der Waals surface area (Å²) < 4.78 is 12.1. The van der Waals surface area contributed by atoms with Gasteiger partial charge in [-0.1, -0.05) is 44.5 Å². The summed E-state index contributed by atoms with van der Waals surface area (Å²) in [6.45, 7) is 8.07. The molecule has 10 nitrogen and oxygen atoms in total. The Labute approximate surface area is 259 Å². The van der Waals surface area contributed by atoms with Crippen LogP contribution in [0.4, 0.5) is 0 Å². The molecule has 1 amide bonds. The van der Waals surface area contributed by atoms with Crippen LogP contribution in [0.5, 0.6) is 11.5 Å². The molecule has 2 aromatic rings. The lowest BCUT2D eigenvalue weighted by Crippen LogP contribution is -2.50. The number of ketones is 2. The van der Waals surface area contributed by atoms with Gasteiger partial charge in [-0.3, -0.25) is 14.4 Å². The Morgan fingerprint density at radius 1 is 0.977 bits per heavy atom. The smallest absolute Gasteiger partial charge is 0.354 e. The molecule has 3 fully saturated rings. The molecule has 2 bridgehead atoms. The summed E-state index contributed by atoms with van der Waals surface area (Å²) in [5.74, 6) is -2.61. The number of cyclic esters (lactones) is 1. The highest BCUT2D eigenvalue weighted by Crippen LogP contribution is 2.66. The maximum atomic E-state index is 13.6. The van der Waals surface area contributed by atoms with E-state index in [1.807, 2.05) is 4.90 Å². The number of carbonyl (C=O) groups is 4. The fraction of sp³-hybridized carbons (Fsp3) is 0.455. The van der Waals surface area contributed by atoms with Crippen molar-refractivity contribution < 1.29 is 38.9 Å². The van der Waals surface area contributed by atoms with Crippen LogP contribution in [0.3, 0.4) is 0 Å². The first kappa shape index (κ1) is 28.9. The van der Waals surface area contributed by atoms with Crippen LogP contribution in [0.2, 0.25) is 0 Å². The number of rotatable bonds is 4. The van der Waals surface area contributed by atoms with Gasteiger partial charge in [0.15, 0.2) is 10.8 Å². The molecular weight excluding hydrogens is 588 g/mol. The molecule has 0 aromatic heterocycles. The molecule has 3 unspecified atom stereocenters. The van der Waals surface area contributed by atoms with E-state index in [2.05, 4.69) is 20.8 Å². The van der Waals surface area contributed by atoms with Gasteiger partial charge in [-0.25, -0.2) is 4.79 Å². The van der Waals surface area contributed by atoms with Crippen LogP contribution < -0.4 is 0 Å². The van der Waals surface area contributed by atoms with E-state index in [4.69, 9.17) is 21.1 Å². The van der Waals surface area contributed by atoms with Gasteiger partial charge in [-0.05, 0) is 54.2 Å². The van der Waals surface area contributed by atoms with Crippen LogP contribution in [0.15, 0.2) is 41.1 Å². The van der Waals surface area contributed by atoms with Crippen LogP contribution >= 0.6 is 11.6 Å². The number of esters is 1. The van der Waals surface area contributed by atoms with E-state index < -0.39 is 35.5 Å². The topological polar surface area (TPSA) is 134 Å². The predicted molar refractivity (Wildman–Crippen MR) is 157 cm³/mol. The Morgan fingerprint density at radius 3 is 2.34 bits per heavy atom. The van der Waals surface area contributed by atoms with Gasteiger partial charge in [0.1, 0.15) is 17.2 Å². The maximum Gasteiger partial charge on any atom is 0.354 e. The Hall–Kier alpha value is -3.89. The Balaban J connectivity index is 1.07. The molecule has 7 rings (SSSR count). The average molecular weight is 621 g/mol. The third-order valence-corrected chi connectivity index (χ3v) is 11.4. The maximum absolute atomic E-state index is 13.6. The van der Waals surface area contributed by atoms with Crippen LogP contribution in [0.1, 0.15) is 82.2 Å². The number of aromatic hydroxyl groups is 2. The minimum absolute atomic E-state index is 0.0124. The van der Waals surface area contributed by atoms with Gasteiger partial charge >= 0.3 is 5.97 Å². The summed E-state index contributed by atoms with van der Waals surface area (Å²) in [5.41, 5.74) is 0.132. The number of phenols is 2. The highest BCUT2D eigenvalue weighted by molar-refractivity contribution is 6.42. The molecule has 2 aliphatic heterocycles. The largest absolute Gasteiger partial charge is 0.507 e. The molecule has 2 aromatic carbocycles. The van der Waals surface area contributed by atoms with E-state index in [-0.39, 0.29) is 68.6 Å². The summed E-state index contributed by atoms with van der Waals surface area (Å²) in [6, 6.07) is 6.68. The second kappa shape index (κ2) is 9.81. The van der Waals surface area contributed by atoms with Gasteiger partial charge < -0.3 is 29.5 Å². The first-order valence-electron chi connectivity index (χ1n) is 14.9. The van der Waals surface area contributed by atoms with Crippen molar-refractivity contribution in [3.05, 3.63) is 68.9 Å². The van der Waals surface area contributed by atoms with E-state index in [0.717, 1.165) is 19.3 Å². The van der Waals surface area contributed by atoms with Crippen molar-refractivity contribution in [1.29, 1.82) is 0 Å². The summed E-state index contributed by atoms with van der Waals surface area (Å²) in [5, 5.41) is 20.9. The van der Waals surface area contributed by atoms with E-state index in [9.17, 15) is 29.4 Å². The number of hydrogen-bond donors (Lipinski definition) is 2. The molecule has 2 saturated carbocycles. The predicted octanol–water partition coefficient (Wildman–Crippen LogP) is 4.20. The molecular formula is C33H33ClN2O8. The molecule has 44 heavy (non-hydrogen) atoms. The van der Waals surface area contributed by atoms with E-state index in [0.29, 0.717) is 24.7 Å². The number of piperazine rings is 1. The molecule has 2 N–H and O–H groups in total. The van der Waals surface area contributed by atoms with Crippen LogP contribution in [-0.2, 0) is 14.3 Å². The minimum atomic E-state index is -0.919. The van der Waals surface area contributed by atoms with Crippen molar-refractivity contribution in [2.24, 2.45) is 16.7 Å². The van der Waals surface area contributed by atoms with Crippen molar-refractivity contribution >= 4 is 35.0 Å². The molecule has 5 aliphatic rings. The first-order chi connectivity index (χ1) is 20.8. The van der Waals surface area contributed by atoms with Crippen LogP contribution in [0, 0.1) is 16.7 Å². The Bertz CT molecular complexity index is 1690. The standard InChI is InChI=1S/C33H33ClN2O8/c1-32(2)17-7-8-33(32,3)22(15-17)43-31-26(25(34)30(42)44-31)35-9-11-36(12-10-35)29(41)16-13-19-24(21(38)14-16)28(40)23-18(27(19)39)5-4-6-20(23)37/h4-6,13-14,17,22,31,37-38H,7-12,15H2,1-3H3/t17?,22-,31?,33?/m1/s1. The molecule has 11 heteroatoms. The third kappa shape index (κ3) is 3.96. The van der Waals surface area contributed by atoms with Gasteiger partial charge in [0.25, 0.3) is 5.91 Å². The second-order valence-corrected chi connectivity index (χ2v) is 13.6. The lowest BCUT2D eigenvalue weighted by atomic mass is 9.70. The summed E-state index contributed by atoms with van der Waals surface area (Å²) in [7, 11) is 0. The lowest BCUT2D eigenvalue weighted by molar-refractivity contribution is -0.187. The SMILES string of the molecule is CC1(C)C2CCC1(C)[C@H](OC1OC(=O)C(Cl)=C1N1CCN(C(=O)c3cc(O)c4c(c3)C(=O)c3cccc(O)c3C4=O)CC1)C2. The van der Waals surface area contributed by atoms with E-state index in [1.165, 1.54) is 30.3 Å². The lowest BCUT2D eigenvalue weighted by Gasteiger charge is -2.41. The first-order valence-corrected chi connectivity index (χ1v) is 15.3. The van der Waals surface area contributed by atoms with Crippen molar-refractivity contribution in [2.45, 2.75) is 52.4 Å². The van der Waals surface area contributed by atoms with Crippen molar-refractivity contribution in [2.75, 3.05) is 26.2 Å². The van der Waals surface area contributed by atoms with Crippen molar-refractivity contribution in [3.63, 3.8) is 0 Å². The summed E-state index contributed by atoms with van der Waals surface area (Å²) in [6.07, 6.45) is 2.13.